The Labute approximate surface area is 237 Å². The highest BCUT2D eigenvalue weighted by molar-refractivity contribution is 5.79. The monoisotopic (exact) mass is 551 g/mol. The summed E-state index contributed by atoms with van der Waals surface area (Å²) in [6.45, 7) is 15.3. The number of nitrogens with two attached hydrogens (primary N) is 1. The number of allylic oxidation sites excluding steroid dienone is 3. The van der Waals surface area contributed by atoms with E-state index in [1.807, 2.05) is 84.0 Å². The Morgan fingerprint density at radius 2 is 1.70 bits per heavy atom. The molecule has 0 spiro atoms. The van der Waals surface area contributed by atoms with Gasteiger partial charge in [0.15, 0.2) is 0 Å². The van der Waals surface area contributed by atoms with Crippen LogP contribution in [-0.4, -0.2) is 34.6 Å². The molecule has 1 aromatic carbocycles. The zero-order valence-corrected chi connectivity index (χ0v) is 24.5. The molecular weight excluding hydrogens is 506 g/mol. The predicted octanol–water partition coefficient (Wildman–Crippen LogP) is 6.25. The average molecular weight is 552 g/mol. The molecule has 1 heterocycles. The van der Waals surface area contributed by atoms with Crippen LogP contribution in [0.4, 0.5) is 4.79 Å². The molecule has 0 aliphatic heterocycles. The average Bonchev–Trinajstić information content (AvgIpc) is 2.91. The molecule has 4 N–H and O–H groups in total. The number of carbonyl (C=O) groups excluding carboxylic acids is 1. The molecule has 0 saturated heterocycles. The molecule has 2 rings (SSSR count). The van der Waals surface area contributed by atoms with Gasteiger partial charge >= 0.3 is 11.7 Å². The van der Waals surface area contributed by atoms with Gasteiger partial charge in [-0.15, -0.1) is 0 Å². The van der Waals surface area contributed by atoms with Gasteiger partial charge in [0.25, 0.3) is 0 Å². The lowest BCUT2D eigenvalue weighted by Crippen LogP contribution is -2.41. The standard InChI is InChI=1S/C33H45NO6/c1-8-9-10-22(4)32(40-33(34)38)25(7)31(37)24(6)18-20(2)17-23(5)30(36)21(3)11-12-26-13-14-27-15-16-29(35)39-28(27)19-26/h8-17,19,21-25,30-32,36-37H,1,18H2,2-7H3,(H2,34,38)/b10-9-,12-11-,20-17-/t21-,22-,23-,24-,25-,30-,31+,32-/m0/s1. The Morgan fingerprint density at radius 1 is 1.02 bits per heavy atom. The molecule has 7 nitrogen and oxygen atoms in total. The van der Waals surface area contributed by atoms with Crippen molar-refractivity contribution in [1.29, 1.82) is 0 Å². The molecule has 8 atom stereocenters. The van der Waals surface area contributed by atoms with Gasteiger partial charge in [-0.05, 0) is 37.0 Å². The number of amides is 1. The van der Waals surface area contributed by atoms with Gasteiger partial charge in [-0.25, -0.2) is 9.59 Å². The highest BCUT2D eigenvalue weighted by Gasteiger charge is 2.33. The summed E-state index contributed by atoms with van der Waals surface area (Å²) < 4.78 is 10.6. The second-order valence-electron chi connectivity index (χ2n) is 11.0. The number of rotatable bonds is 14. The Kier molecular flexibility index (Phi) is 12.6. The van der Waals surface area contributed by atoms with Crippen LogP contribution in [-0.2, 0) is 4.74 Å². The molecule has 0 aliphatic rings. The van der Waals surface area contributed by atoms with Crippen molar-refractivity contribution in [3.63, 3.8) is 0 Å². The van der Waals surface area contributed by atoms with Gasteiger partial charge in [0.05, 0.1) is 12.2 Å². The first kappa shape index (κ1) is 32.8. The van der Waals surface area contributed by atoms with Gasteiger partial charge in [0.2, 0.25) is 0 Å². The lowest BCUT2D eigenvalue weighted by Gasteiger charge is -2.33. The number of hydrogen-bond donors (Lipinski definition) is 3. The predicted molar refractivity (Wildman–Crippen MR) is 162 cm³/mol. The minimum atomic E-state index is -0.871. The van der Waals surface area contributed by atoms with Gasteiger partial charge in [-0.3, -0.25) is 0 Å². The van der Waals surface area contributed by atoms with E-state index in [0.717, 1.165) is 16.5 Å². The molecule has 2 aromatic rings. The van der Waals surface area contributed by atoms with E-state index >= 15 is 0 Å². The fraction of sp³-hybridized carbons (Fsp3) is 0.455. The number of ether oxygens (including phenoxy) is 1. The fourth-order valence-electron chi connectivity index (χ4n) is 5.18. The van der Waals surface area contributed by atoms with Crippen molar-refractivity contribution >= 4 is 23.1 Å². The zero-order valence-electron chi connectivity index (χ0n) is 24.5. The largest absolute Gasteiger partial charge is 0.445 e. The minimum absolute atomic E-state index is 0.115. The van der Waals surface area contributed by atoms with Crippen LogP contribution in [0.2, 0.25) is 0 Å². The Bertz CT molecular complexity index is 1280. The van der Waals surface area contributed by atoms with Crippen LogP contribution in [0.1, 0.15) is 53.5 Å². The van der Waals surface area contributed by atoms with Gasteiger partial charge in [-0.2, -0.15) is 0 Å². The van der Waals surface area contributed by atoms with Gasteiger partial charge < -0.3 is 25.1 Å². The molecule has 0 aliphatic carbocycles. The normalized spacial score (nSPS) is 18.6. The molecule has 40 heavy (non-hydrogen) atoms. The highest BCUT2D eigenvalue weighted by Crippen LogP contribution is 2.29. The summed E-state index contributed by atoms with van der Waals surface area (Å²) in [4.78, 5) is 23.0. The van der Waals surface area contributed by atoms with Crippen LogP contribution in [0.3, 0.4) is 0 Å². The molecule has 0 saturated carbocycles. The maximum absolute atomic E-state index is 11.5. The zero-order chi connectivity index (χ0) is 30.0. The van der Waals surface area contributed by atoms with Crippen molar-refractivity contribution in [1.82, 2.24) is 0 Å². The van der Waals surface area contributed by atoms with Crippen LogP contribution >= 0.6 is 0 Å². The van der Waals surface area contributed by atoms with Crippen LogP contribution in [0.25, 0.3) is 17.0 Å². The molecule has 0 bridgehead atoms. The number of carbonyl (C=O) groups is 1. The summed E-state index contributed by atoms with van der Waals surface area (Å²) in [7, 11) is 0. The number of aliphatic hydroxyl groups is 2. The van der Waals surface area contributed by atoms with E-state index < -0.39 is 30.0 Å². The second kappa shape index (κ2) is 15.4. The molecule has 218 valence electrons. The first-order chi connectivity index (χ1) is 18.8. The van der Waals surface area contributed by atoms with E-state index in [9.17, 15) is 19.8 Å². The number of fused-ring (bicyclic) bond motifs is 1. The number of primary amides is 1. The molecule has 7 heteroatoms. The molecule has 1 aromatic heterocycles. The van der Waals surface area contributed by atoms with Gasteiger partial charge in [0, 0.05) is 35.1 Å². The van der Waals surface area contributed by atoms with Crippen LogP contribution in [0.15, 0.2) is 82.1 Å². The Morgan fingerprint density at radius 3 is 2.35 bits per heavy atom. The summed E-state index contributed by atoms with van der Waals surface area (Å²) >= 11 is 0. The molecule has 0 radical (unpaired) electrons. The van der Waals surface area contributed by atoms with Crippen molar-refractivity contribution in [2.24, 2.45) is 35.3 Å². The first-order valence-electron chi connectivity index (χ1n) is 13.8. The maximum atomic E-state index is 11.5. The number of aliphatic hydroxyl groups excluding tert-OH is 2. The molecular formula is C33H45NO6. The van der Waals surface area contributed by atoms with Crippen molar-refractivity contribution in [3.8, 4) is 0 Å². The third kappa shape index (κ3) is 9.65. The van der Waals surface area contributed by atoms with E-state index in [-0.39, 0.29) is 29.6 Å². The van der Waals surface area contributed by atoms with Crippen molar-refractivity contribution in [2.75, 3.05) is 0 Å². The smallest absolute Gasteiger partial charge is 0.404 e. The van der Waals surface area contributed by atoms with Crippen LogP contribution in [0, 0.1) is 29.6 Å². The van der Waals surface area contributed by atoms with Crippen molar-refractivity contribution in [2.45, 2.75) is 66.3 Å². The van der Waals surface area contributed by atoms with Crippen LogP contribution < -0.4 is 11.4 Å². The summed E-state index contributed by atoms with van der Waals surface area (Å²) in [5, 5.41) is 22.9. The summed E-state index contributed by atoms with van der Waals surface area (Å²) in [5.74, 6) is -0.869. The summed E-state index contributed by atoms with van der Waals surface area (Å²) in [6, 6.07) is 8.77. The topological polar surface area (TPSA) is 123 Å². The van der Waals surface area contributed by atoms with E-state index in [1.54, 1.807) is 18.2 Å². The Hall–Kier alpha value is -3.42. The SMILES string of the molecule is C=C/C=C\[C@H](C)[C@H](OC(N)=O)[C@@H](C)[C@H](O)[C@@H](C)C/C(C)=C\[C@H](C)[C@@H](O)[C@@H](C)/C=C\c1ccc2ccc(=O)oc2c1. The van der Waals surface area contributed by atoms with Gasteiger partial charge in [-0.1, -0.05) is 95.4 Å². The van der Waals surface area contributed by atoms with Crippen LogP contribution in [0.5, 0.6) is 0 Å². The van der Waals surface area contributed by atoms with E-state index in [2.05, 4.69) is 6.58 Å². The molecule has 0 fully saturated rings. The highest BCUT2D eigenvalue weighted by atomic mass is 16.6. The molecule has 1 amide bonds. The second-order valence-corrected chi connectivity index (χ2v) is 11.0. The maximum Gasteiger partial charge on any atom is 0.404 e. The Balaban J connectivity index is 2.03. The van der Waals surface area contributed by atoms with E-state index in [0.29, 0.717) is 12.0 Å². The first-order valence-corrected chi connectivity index (χ1v) is 13.8. The third-order valence-corrected chi connectivity index (χ3v) is 7.47. The molecule has 0 unspecified atom stereocenters. The van der Waals surface area contributed by atoms with Crippen molar-refractivity contribution < 1.29 is 24.2 Å². The van der Waals surface area contributed by atoms with Crippen molar-refractivity contribution in [3.05, 3.63) is 88.8 Å². The lowest BCUT2D eigenvalue weighted by atomic mass is 9.81. The third-order valence-electron chi connectivity index (χ3n) is 7.47. The quantitative estimate of drug-likeness (QED) is 0.145. The van der Waals surface area contributed by atoms with E-state index in [4.69, 9.17) is 14.9 Å². The number of hydrogen-bond acceptors (Lipinski definition) is 6. The van der Waals surface area contributed by atoms with Gasteiger partial charge in [0.1, 0.15) is 11.7 Å². The summed E-state index contributed by atoms with van der Waals surface area (Å²) in [5.41, 5.74) is 7.37. The minimum Gasteiger partial charge on any atom is -0.445 e. The fourth-order valence-corrected chi connectivity index (χ4v) is 5.18. The summed E-state index contributed by atoms with van der Waals surface area (Å²) in [6.07, 6.45) is 9.02. The lowest BCUT2D eigenvalue weighted by molar-refractivity contribution is -0.0266. The van der Waals surface area contributed by atoms with E-state index in [1.165, 1.54) is 6.07 Å². The number of benzene rings is 1.